The zero-order chi connectivity index (χ0) is 27.6. The average molecular weight is 536 g/mol. The molecular formula is C29H41N7O3. The number of aromatic nitrogens is 2. The van der Waals surface area contributed by atoms with Crippen molar-refractivity contribution in [1.29, 1.82) is 0 Å². The fourth-order valence-electron chi connectivity index (χ4n) is 5.97. The third-order valence-electron chi connectivity index (χ3n) is 8.18. The summed E-state index contributed by atoms with van der Waals surface area (Å²) in [6.07, 6.45) is 8.75. The van der Waals surface area contributed by atoms with Gasteiger partial charge in [-0.2, -0.15) is 4.98 Å². The van der Waals surface area contributed by atoms with Crippen LogP contribution in [-0.4, -0.2) is 79.6 Å². The van der Waals surface area contributed by atoms with Gasteiger partial charge in [0, 0.05) is 38.8 Å². The van der Waals surface area contributed by atoms with Crippen LogP contribution >= 0.6 is 0 Å². The van der Waals surface area contributed by atoms with E-state index in [0.29, 0.717) is 42.1 Å². The van der Waals surface area contributed by atoms with Crippen molar-refractivity contribution in [2.45, 2.75) is 58.4 Å². The maximum Gasteiger partial charge on any atom is 0.251 e. The minimum Gasteiger partial charge on any atom is -0.490 e. The molecule has 2 N–H and O–H groups in total. The number of hydrogen-bond acceptors (Lipinski definition) is 8. The first-order chi connectivity index (χ1) is 18.8. The van der Waals surface area contributed by atoms with Crippen molar-refractivity contribution in [3.05, 3.63) is 30.0 Å². The van der Waals surface area contributed by atoms with Crippen LogP contribution in [0.3, 0.4) is 0 Å². The smallest absolute Gasteiger partial charge is 0.251 e. The minimum atomic E-state index is -0.544. The Balaban J connectivity index is 1.44. The summed E-state index contributed by atoms with van der Waals surface area (Å²) in [6.45, 7) is 8.18. The predicted octanol–water partition coefficient (Wildman–Crippen LogP) is 3.81. The third kappa shape index (κ3) is 5.80. The van der Waals surface area contributed by atoms with E-state index in [9.17, 15) is 9.59 Å². The normalized spacial score (nSPS) is 19.6. The highest BCUT2D eigenvalue weighted by Crippen LogP contribution is 2.40. The summed E-state index contributed by atoms with van der Waals surface area (Å²) in [4.78, 5) is 41.6. The Morgan fingerprint density at radius 3 is 2.62 bits per heavy atom. The second-order valence-corrected chi connectivity index (χ2v) is 11.5. The average Bonchev–Trinajstić information content (AvgIpc) is 3.65. The first-order valence-electron chi connectivity index (χ1n) is 14.2. The Kier molecular flexibility index (Phi) is 7.93. The maximum atomic E-state index is 13.3. The summed E-state index contributed by atoms with van der Waals surface area (Å²) in [5, 5.41) is 6.02. The highest BCUT2D eigenvalue weighted by molar-refractivity contribution is 6.01. The molecule has 5 rings (SSSR count). The van der Waals surface area contributed by atoms with E-state index >= 15 is 0 Å². The van der Waals surface area contributed by atoms with Gasteiger partial charge in [-0.25, -0.2) is 4.98 Å². The second-order valence-electron chi connectivity index (χ2n) is 11.5. The van der Waals surface area contributed by atoms with Gasteiger partial charge in [0.1, 0.15) is 18.0 Å². The Labute approximate surface area is 231 Å². The number of nitrogens with one attached hydrogen (secondary N) is 2. The van der Waals surface area contributed by atoms with Crippen molar-refractivity contribution in [2.24, 2.45) is 5.41 Å². The van der Waals surface area contributed by atoms with E-state index in [0.717, 1.165) is 44.0 Å². The van der Waals surface area contributed by atoms with Gasteiger partial charge in [0.25, 0.3) is 5.91 Å². The fourth-order valence-corrected chi connectivity index (χ4v) is 5.97. The van der Waals surface area contributed by atoms with Crippen LogP contribution in [0.25, 0.3) is 0 Å². The molecule has 3 aliphatic rings. The van der Waals surface area contributed by atoms with E-state index in [2.05, 4.69) is 25.4 Å². The molecule has 1 saturated carbocycles. The Morgan fingerprint density at radius 1 is 1.15 bits per heavy atom. The van der Waals surface area contributed by atoms with Crippen LogP contribution in [0.1, 0.15) is 62.7 Å². The number of carbonyl (C=O) groups is 2. The van der Waals surface area contributed by atoms with Gasteiger partial charge in [-0.15, -0.1) is 0 Å². The molecule has 1 aliphatic carbocycles. The molecule has 1 saturated heterocycles. The number of ether oxygens (including phenoxy) is 1. The maximum absolute atomic E-state index is 13.3. The SMILES string of the molecule is CNC(=O)c1ccc(Nc2ncc3c(n2)N(C2CCCC2)CC(C)(C)C(=O)N3C)c(OCCN2CCCC2)c1. The third-order valence-corrected chi connectivity index (χ3v) is 8.18. The number of fused-ring (bicyclic) bond motifs is 1. The van der Waals surface area contributed by atoms with Gasteiger partial charge >= 0.3 is 0 Å². The second kappa shape index (κ2) is 11.4. The molecule has 0 unspecified atom stereocenters. The van der Waals surface area contributed by atoms with E-state index < -0.39 is 5.41 Å². The number of rotatable bonds is 8. The van der Waals surface area contributed by atoms with Crippen LogP contribution < -0.4 is 25.2 Å². The van der Waals surface area contributed by atoms with Crippen LogP contribution in [0, 0.1) is 5.41 Å². The molecule has 0 radical (unpaired) electrons. The number of carbonyl (C=O) groups excluding carboxylic acids is 2. The van der Waals surface area contributed by atoms with Gasteiger partial charge in [0.15, 0.2) is 5.82 Å². The summed E-state index contributed by atoms with van der Waals surface area (Å²) in [7, 11) is 3.42. The molecule has 10 heteroatoms. The summed E-state index contributed by atoms with van der Waals surface area (Å²) >= 11 is 0. The van der Waals surface area contributed by atoms with Crippen LogP contribution in [0.5, 0.6) is 5.75 Å². The van der Waals surface area contributed by atoms with Crippen molar-refractivity contribution in [3.8, 4) is 5.75 Å². The molecule has 2 amide bonds. The Hall–Kier alpha value is -3.40. The standard InChI is InChI=1S/C29H41N7O3/c1-29(2)19-36(21-9-5-6-10-21)25-23(34(4)27(29)38)18-31-28(33-25)32-22-12-11-20(26(37)30-3)17-24(22)39-16-15-35-13-7-8-14-35/h11-12,17-18,21H,5-10,13-16,19H2,1-4H3,(H,30,37)(H,31,32,33). The number of likely N-dealkylation sites (tertiary alicyclic amines) is 1. The van der Waals surface area contributed by atoms with Crippen LogP contribution in [0.4, 0.5) is 23.1 Å². The van der Waals surface area contributed by atoms with Gasteiger partial charge in [-0.3, -0.25) is 14.5 Å². The van der Waals surface area contributed by atoms with Gasteiger partial charge in [0.2, 0.25) is 11.9 Å². The lowest BCUT2D eigenvalue weighted by Crippen LogP contribution is -2.45. The summed E-state index contributed by atoms with van der Waals surface area (Å²) in [5.74, 6) is 1.67. The zero-order valence-corrected chi connectivity index (χ0v) is 23.6. The molecule has 2 fully saturated rings. The summed E-state index contributed by atoms with van der Waals surface area (Å²) in [5.41, 5.74) is 1.39. The Bertz CT molecular complexity index is 1210. The summed E-state index contributed by atoms with van der Waals surface area (Å²) < 4.78 is 6.20. The molecular weight excluding hydrogens is 494 g/mol. The van der Waals surface area contributed by atoms with Crippen LogP contribution in [0.15, 0.2) is 24.4 Å². The first kappa shape index (κ1) is 27.2. The molecule has 2 aliphatic heterocycles. The number of anilines is 4. The molecule has 3 heterocycles. The number of nitrogens with zero attached hydrogens (tertiary/aromatic N) is 5. The molecule has 1 aromatic heterocycles. The van der Waals surface area contributed by atoms with Crippen molar-refractivity contribution < 1.29 is 14.3 Å². The van der Waals surface area contributed by atoms with Crippen molar-refractivity contribution >= 4 is 35.0 Å². The lowest BCUT2D eigenvalue weighted by molar-refractivity contribution is -0.125. The fraction of sp³-hybridized carbons (Fsp3) is 0.586. The van der Waals surface area contributed by atoms with E-state index in [1.54, 1.807) is 37.3 Å². The molecule has 0 bridgehead atoms. The lowest BCUT2D eigenvalue weighted by Gasteiger charge is -2.34. The van der Waals surface area contributed by atoms with Gasteiger partial charge in [0.05, 0.1) is 17.3 Å². The lowest BCUT2D eigenvalue weighted by atomic mass is 9.91. The topological polar surface area (TPSA) is 103 Å². The monoisotopic (exact) mass is 535 g/mol. The Morgan fingerprint density at radius 2 is 1.90 bits per heavy atom. The minimum absolute atomic E-state index is 0.0621. The molecule has 2 aromatic rings. The first-order valence-corrected chi connectivity index (χ1v) is 14.2. The van der Waals surface area contributed by atoms with E-state index in [4.69, 9.17) is 9.72 Å². The van der Waals surface area contributed by atoms with Crippen molar-refractivity contribution in [2.75, 3.05) is 62.0 Å². The molecule has 1 aromatic carbocycles. The molecule has 10 nitrogen and oxygen atoms in total. The van der Waals surface area contributed by atoms with Gasteiger partial charge in [-0.1, -0.05) is 12.8 Å². The van der Waals surface area contributed by atoms with Crippen molar-refractivity contribution in [1.82, 2.24) is 20.2 Å². The highest BCUT2D eigenvalue weighted by Gasteiger charge is 2.41. The predicted molar refractivity (Wildman–Crippen MR) is 153 cm³/mol. The number of benzene rings is 1. The van der Waals surface area contributed by atoms with Gasteiger partial charge < -0.3 is 25.2 Å². The molecule has 210 valence electrons. The van der Waals surface area contributed by atoms with E-state index in [1.807, 2.05) is 19.9 Å². The quantitative estimate of drug-likeness (QED) is 0.526. The highest BCUT2D eigenvalue weighted by atomic mass is 16.5. The summed E-state index contributed by atoms with van der Waals surface area (Å²) in [6, 6.07) is 5.70. The van der Waals surface area contributed by atoms with Crippen LogP contribution in [0.2, 0.25) is 0 Å². The molecule has 0 atom stereocenters. The van der Waals surface area contributed by atoms with Crippen molar-refractivity contribution in [3.63, 3.8) is 0 Å². The molecule has 39 heavy (non-hydrogen) atoms. The zero-order valence-electron chi connectivity index (χ0n) is 23.6. The number of hydrogen-bond donors (Lipinski definition) is 2. The van der Waals surface area contributed by atoms with E-state index in [1.165, 1.54) is 25.7 Å². The van der Waals surface area contributed by atoms with Gasteiger partial charge in [-0.05, 0) is 70.8 Å². The van der Waals surface area contributed by atoms with E-state index in [-0.39, 0.29) is 11.8 Å². The molecule has 0 spiro atoms. The van der Waals surface area contributed by atoms with Crippen LogP contribution in [-0.2, 0) is 4.79 Å². The largest absolute Gasteiger partial charge is 0.490 e. The number of amides is 2.